The number of aldehydes is 1. The summed E-state index contributed by atoms with van der Waals surface area (Å²) < 4.78 is 31.2. The normalized spacial score (nSPS) is 24.0. The Morgan fingerprint density at radius 2 is 1.46 bits per heavy atom. The highest BCUT2D eigenvalue weighted by Gasteiger charge is 2.53. The van der Waals surface area contributed by atoms with Gasteiger partial charge in [0.25, 0.3) is 0 Å². The zero-order valence-electron chi connectivity index (χ0n) is 26.9. The molecule has 1 aliphatic heterocycles. The molecule has 8 nitrogen and oxygen atoms in total. The number of esters is 2. The first-order valence-corrected chi connectivity index (χ1v) is 17.5. The van der Waals surface area contributed by atoms with E-state index in [4.69, 9.17) is 23.4 Å². The summed E-state index contributed by atoms with van der Waals surface area (Å²) in [5.41, 5.74) is -0.438. The van der Waals surface area contributed by atoms with Crippen LogP contribution in [0, 0.1) is 10.8 Å². The van der Waals surface area contributed by atoms with Gasteiger partial charge in [-0.25, -0.2) is 0 Å². The average Bonchev–Trinajstić information content (AvgIpc) is 2.85. The van der Waals surface area contributed by atoms with Crippen LogP contribution in [0.5, 0.6) is 0 Å². The lowest BCUT2D eigenvalue weighted by atomic mass is 9.91. The van der Waals surface area contributed by atoms with E-state index in [-0.39, 0.29) is 24.2 Å². The van der Waals surface area contributed by atoms with Gasteiger partial charge >= 0.3 is 11.9 Å². The fourth-order valence-corrected chi connectivity index (χ4v) is 5.30. The Hall–Kier alpha value is -2.07. The Labute approximate surface area is 247 Å². The van der Waals surface area contributed by atoms with Crippen molar-refractivity contribution in [2.75, 3.05) is 6.61 Å². The van der Waals surface area contributed by atoms with Crippen LogP contribution in [0.2, 0.25) is 18.1 Å². The minimum atomic E-state index is -2.41. The molecule has 41 heavy (non-hydrogen) atoms. The molecule has 0 N–H and O–H groups in total. The zero-order chi connectivity index (χ0) is 31.2. The molecule has 232 valence electrons. The molecule has 0 spiro atoms. The summed E-state index contributed by atoms with van der Waals surface area (Å²) in [6, 6.07) is 9.70. The predicted octanol–water partition coefficient (Wildman–Crippen LogP) is 6.26. The van der Waals surface area contributed by atoms with Crippen molar-refractivity contribution in [3.05, 3.63) is 35.9 Å². The number of rotatable bonds is 11. The lowest BCUT2D eigenvalue weighted by Gasteiger charge is -2.49. The average molecular weight is 593 g/mol. The number of benzene rings is 1. The minimum Gasteiger partial charge on any atom is -0.465 e. The largest absolute Gasteiger partial charge is 0.465 e. The molecule has 1 aromatic rings. The quantitative estimate of drug-likeness (QED) is 0.129. The fourth-order valence-electron chi connectivity index (χ4n) is 4.00. The van der Waals surface area contributed by atoms with Crippen molar-refractivity contribution in [3.63, 3.8) is 0 Å². The zero-order valence-corrected chi connectivity index (χ0v) is 27.9. The summed E-state index contributed by atoms with van der Waals surface area (Å²) in [5, 5.41) is -0.143. The molecule has 0 amide bonds. The molecule has 1 aromatic carbocycles. The first-order chi connectivity index (χ1) is 18.8. The fraction of sp³-hybridized carbons (Fsp3) is 0.719. The topological polar surface area (TPSA) is 97.4 Å². The van der Waals surface area contributed by atoms with Gasteiger partial charge in [-0.2, -0.15) is 0 Å². The van der Waals surface area contributed by atoms with E-state index in [0.717, 1.165) is 11.8 Å². The lowest BCUT2D eigenvalue weighted by molar-refractivity contribution is -0.240. The molecule has 1 saturated heterocycles. The molecule has 5 atom stereocenters. The van der Waals surface area contributed by atoms with Crippen molar-refractivity contribution in [1.82, 2.24) is 0 Å². The molecule has 0 bridgehead atoms. The van der Waals surface area contributed by atoms with Gasteiger partial charge in [-0.3, -0.25) is 9.59 Å². The predicted molar refractivity (Wildman–Crippen MR) is 161 cm³/mol. The number of carbonyl (C=O) groups excluding carboxylic acids is 3. The molecule has 0 aliphatic carbocycles. The van der Waals surface area contributed by atoms with Crippen molar-refractivity contribution in [2.24, 2.45) is 10.8 Å². The molecule has 0 radical (unpaired) electrons. The smallest absolute Gasteiger partial charge is 0.311 e. The van der Waals surface area contributed by atoms with E-state index >= 15 is 0 Å². The maximum atomic E-state index is 13.2. The molecular formula is C32H52O8Si. The molecule has 0 saturated carbocycles. The molecule has 0 unspecified atom stereocenters. The third-order valence-corrected chi connectivity index (χ3v) is 12.1. The molecule has 0 aromatic heterocycles. The highest BCUT2D eigenvalue weighted by molar-refractivity contribution is 6.74. The molecule has 1 heterocycles. The van der Waals surface area contributed by atoms with Crippen LogP contribution in [0.4, 0.5) is 0 Å². The lowest BCUT2D eigenvalue weighted by Crippen LogP contribution is -2.64. The van der Waals surface area contributed by atoms with Crippen LogP contribution in [0.15, 0.2) is 30.3 Å². The highest BCUT2D eigenvalue weighted by atomic mass is 28.4. The van der Waals surface area contributed by atoms with Crippen molar-refractivity contribution < 1.29 is 37.8 Å². The van der Waals surface area contributed by atoms with Gasteiger partial charge < -0.3 is 28.2 Å². The van der Waals surface area contributed by atoms with Gasteiger partial charge in [0.05, 0.1) is 30.1 Å². The summed E-state index contributed by atoms with van der Waals surface area (Å²) >= 11 is 0. The highest BCUT2D eigenvalue weighted by Crippen LogP contribution is 2.41. The number of ether oxygens (including phenoxy) is 4. The summed E-state index contributed by atoms with van der Waals surface area (Å²) in [4.78, 5) is 38.0. The van der Waals surface area contributed by atoms with Gasteiger partial charge in [0.2, 0.25) is 0 Å². The maximum Gasteiger partial charge on any atom is 0.311 e. The van der Waals surface area contributed by atoms with Crippen LogP contribution in [-0.4, -0.2) is 63.7 Å². The third-order valence-electron chi connectivity index (χ3n) is 7.66. The second-order valence-electron chi connectivity index (χ2n) is 14.5. The second kappa shape index (κ2) is 13.9. The first-order valence-electron chi connectivity index (χ1n) is 14.6. The van der Waals surface area contributed by atoms with Crippen molar-refractivity contribution in [2.45, 2.75) is 130 Å². The Morgan fingerprint density at radius 3 is 1.98 bits per heavy atom. The van der Waals surface area contributed by atoms with Gasteiger partial charge in [-0.15, -0.1) is 0 Å². The first kappa shape index (κ1) is 35.1. The molecule has 1 fully saturated rings. The van der Waals surface area contributed by atoms with Crippen LogP contribution in [0.1, 0.15) is 80.7 Å². The van der Waals surface area contributed by atoms with E-state index < -0.39 is 55.6 Å². The van der Waals surface area contributed by atoms with Crippen molar-refractivity contribution >= 4 is 26.5 Å². The van der Waals surface area contributed by atoms with Crippen LogP contribution < -0.4 is 0 Å². The molecule has 9 heteroatoms. The standard InChI is InChI=1S/C32H52O8Si/c1-30(2,3)28(34)36-19-15-18-23-25(39-29(35)31(4,5)6)27(37-21-22-16-13-12-14-17-22)26(24(20-33)38-23)40-41(10,11)32(7,8)9/h12-14,16-17,20,23-27H,15,18-19,21H2,1-11H3/t23-,24-,25-,26-,27+/m0/s1. The number of hydrogen-bond donors (Lipinski definition) is 0. The van der Waals surface area contributed by atoms with Crippen LogP contribution >= 0.6 is 0 Å². The van der Waals surface area contributed by atoms with E-state index in [0.29, 0.717) is 12.8 Å². The van der Waals surface area contributed by atoms with Crippen LogP contribution in [-0.2, 0) is 44.4 Å². The van der Waals surface area contributed by atoms with E-state index in [1.54, 1.807) is 41.5 Å². The molecular weight excluding hydrogens is 540 g/mol. The summed E-state index contributed by atoms with van der Waals surface area (Å²) in [6.07, 6.45) is -2.35. The Morgan fingerprint density at radius 1 is 0.878 bits per heavy atom. The summed E-state index contributed by atoms with van der Waals surface area (Å²) in [6.45, 7) is 21.8. The monoisotopic (exact) mass is 592 g/mol. The Balaban J connectivity index is 2.44. The third kappa shape index (κ3) is 10.0. The van der Waals surface area contributed by atoms with Crippen molar-refractivity contribution in [3.8, 4) is 0 Å². The second-order valence-corrected chi connectivity index (χ2v) is 19.3. The Bertz CT molecular complexity index is 1000. The van der Waals surface area contributed by atoms with E-state index in [1.165, 1.54) is 0 Å². The van der Waals surface area contributed by atoms with Gasteiger partial charge in [0.15, 0.2) is 20.7 Å². The number of carbonyl (C=O) groups is 3. The minimum absolute atomic E-state index is 0.143. The summed E-state index contributed by atoms with van der Waals surface area (Å²) in [5.74, 6) is -0.699. The van der Waals surface area contributed by atoms with E-state index in [2.05, 4.69) is 33.9 Å². The maximum absolute atomic E-state index is 13.2. The van der Waals surface area contributed by atoms with Crippen molar-refractivity contribution in [1.29, 1.82) is 0 Å². The van der Waals surface area contributed by atoms with Gasteiger partial charge in [-0.05, 0) is 78.1 Å². The molecule has 2 rings (SSSR count). The Kier molecular flexibility index (Phi) is 11.9. The van der Waals surface area contributed by atoms with Crippen LogP contribution in [0.3, 0.4) is 0 Å². The SMILES string of the molecule is CC(C)(C)C(=O)OCCC[C@@H]1O[C@@H](C=O)[C@H](O[Si](C)(C)C(C)(C)C)[C@H](OCc2ccccc2)[C@H]1OC(=O)C(C)(C)C. The molecule has 1 aliphatic rings. The van der Waals surface area contributed by atoms with Crippen LogP contribution in [0.25, 0.3) is 0 Å². The summed E-state index contributed by atoms with van der Waals surface area (Å²) in [7, 11) is -2.41. The van der Waals surface area contributed by atoms with Gasteiger partial charge in [0.1, 0.15) is 18.3 Å². The number of hydrogen-bond acceptors (Lipinski definition) is 8. The van der Waals surface area contributed by atoms with Gasteiger partial charge in [-0.1, -0.05) is 51.1 Å². The van der Waals surface area contributed by atoms with Gasteiger partial charge in [0, 0.05) is 0 Å². The van der Waals surface area contributed by atoms with E-state index in [1.807, 2.05) is 30.3 Å². The van der Waals surface area contributed by atoms with E-state index in [9.17, 15) is 14.4 Å².